The predicted molar refractivity (Wildman–Crippen MR) is 187 cm³/mol. The van der Waals surface area contributed by atoms with E-state index >= 15 is 0 Å². The molecule has 3 N–H and O–H groups in total. The second-order valence-corrected chi connectivity index (χ2v) is 14.2. The van der Waals surface area contributed by atoms with Crippen LogP contribution in [0.5, 0.6) is 0 Å². The van der Waals surface area contributed by atoms with Crippen molar-refractivity contribution < 1.29 is 18.8 Å². The first-order valence-electron chi connectivity index (χ1n) is 18.2. The van der Waals surface area contributed by atoms with Gasteiger partial charge in [-0.05, 0) is 93.8 Å². The molecule has 5 heterocycles. The molecule has 1 aromatic heterocycles. The van der Waals surface area contributed by atoms with Crippen LogP contribution in [0.3, 0.4) is 0 Å². The number of fused-ring (bicyclic) bond motifs is 2. The van der Waals surface area contributed by atoms with Crippen molar-refractivity contribution in [2.24, 2.45) is 0 Å². The highest BCUT2D eigenvalue weighted by Crippen LogP contribution is 2.30. The number of aromatic nitrogens is 2. The third kappa shape index (κ3) is 6.97. The number of piperidine rings is 3. The van der Waals surface area contributed by atoms with Crippen molar-refractivity contribution in [2.75, 3.05) is 44.6 Å². The van der Waals surface area contributed by atoms with E-state index in [1.807, 2.05) is 17.9 Å². The lowest BCUT2D eigenvalue weighted by Crippen LogP contribution is -2.57. The van der Waals surface area contributed by atoms with Crippen LogP contribution in [0.15, 0.2) is 30.3 Å². The van der Waals surface area contributed by atoms with E-state index in [-0.39, 0.29) is 29.7 Å². The number of carbonyl (C=O) groups excluding carboxylic acids is 3. The fourth-order valence-electron chi connectivity index (χ4n) is 8.36. The summed E-state index contributed by atoms with van der Waals surface area (Å²) in [5, 5.41) is 14.5. The SMILES string of the molecule is CCc1cc(CC(NC(=O)N2CCC(N3Cc4cccc(F)c4NC3=O)CC2)C(=O)N2CCC(N3CCCCC3)CC2)cc2c(C)n[nH]c12. The molecule has 0 spiro atoms. The Kier molecular flexibility index (Phi) is 9.75. The standard InChI is InChI=1S/C37H49FN8O3/c1-3-26-20-25(21-30-24(2)41-42-33(26)30)22-32(35(47)44-16-10-28(11-17-44)43-14-5-4-6-15-43)39-36(48)45-18-12-29(13-19-45)46-23-27-8-7-9-31(38)34(27)40-37(46)49/h7-9,20-21,28-29,32H,3-6,10-19,22-23H2,1-2H3,(H,39,48)(H,40,49)(H,41,42). The molecular weight excluding hydrogens is 623 g/mol. The summed E-state index contributed by atoms with van der Waals surface area (Å²) in [5.74, 6) is -0.462. The molecule has 7 rings (SSSR count). The maximum atomic E-state index is 14.3. The highest BCUT2D eigenvalue weighted by atomic mass is 19.1. The number of rotatable bonds is 7. The van der Waals surface area contributed by atoms with Gasteiger partial charge in [-0.3, -0.25) is 9.89 Å². The Bertz CT molecular complexity index is 1690. The zero-order valence-corrected chi connectivity index (χ0v) is 28.8. The van der Waals surface area contributed by atoms with Gasteiger partial charge in [-0.2, -0.15) is 5.10 Å². The lowest BCUT2D eigenvalue weighted by molar-refractivity contribution is -0.134. The number of benzene rings is 2. The van der Waals surface area contributed by atoms with Gasteiger partial charge in [0.05, 0.1) is 16.9 Å². The summed E-state index contributed by atoms with van der Waals surface area (Å²) in [5.41, 5.74) is 5.08. The molecule has 11 nitrogen and oxygen atoms in total. The van der Waals surface area contributed by atoms with Crippen LogP contribution in [0.1, 0.15) is 74.3 Å². The maximum absolute atomic E-state index is 14.3. The van der Waals surface area contributed by atoms with Gasteiger partial charge >= 0.3 is 12.1 Å². The van der Waals surface area contributed by atoms with Crippen LogP contribution in [0.2, 0.25) is 0 Å². The smallest absolute Gasteiger partial charge is 0.322 e. The van der Waals surface area contributed by atoms with Crippen LogP contribution in [-0.4, -0.2) is 105 Å². The van der Waals surface area contributed by atoms with Gasteiger partial charge in [-0.15, -0.1) is 0 Å². The van der Waals surface area contributed by atoms with Gasteiger partial charge in [0, 0.05) is 56.6 Å². The molecule has 0 saturated carbocycles. The van der Waals surface area contributed by atoms with E-state index in [1.54, 1.807) is 15.9 Å². The summed E-state index contributed by atoms with van der Waals surface area (Å²) in [6.45, 7) is 9.03. The van der Waals surface area contributed by atoms with Gasteiger partial charge in [-0.1, -0.05) is 31.5 Å². The van der Waals surface area contributed by atoms with Crippen molar-refractivity contribution in [3.63, 3.8) is 0 Å². The van der Waals surface area contributed by atoms with E-state index in [9.17, 15) is 18.8 Å². The molecule has 5 amide bonds. The number of aryl methyl sites for hydroxylation is 2. The lowest BCUT2D eigenvalue weighted by atomic mass is 9.96. The Morgan fingerprint density at radius 3 is 2.43 bits per heavy atom. The minimum absolute atomic E-state index is 0.0294. The number of H-pyrrole nitrogens is 1. The molecule has 3 aromatic rings. The van der Waals surface area contributed by atoms with E-state index in [0.717, 1.165) is 65.6 Å². The molecule has 1 unspecified atom stereocenters. The first-order valence-corrected chi connectivity index (χ1v) is 18.2. The monoisotopic (exact) mass is 672 g/mol. The number of nitrogens with zero attached hydrogens (tertiary/aromatic N) is 5. The van der Waals surface area contributed by atoms with Crippen LogP contribution in [0.4, 0.5) is 19.7 Å². The molecule has 2 aromatic carbocycles. The van der Waals surface area contributed by atoms with E-state index in [1.165, 1.54) is 25.3 Å². The van der Waals surface area contributed by atoms with Gasteiger partial charge in [0.25, 0.3) is 0 Å². The van der Waals surface area contributed by atoms with E-state index in [4.69, 9.17) is 0 Å². The summed E-state index contributed by atoms with van der Waals surface area (Å²) < 4.78 is 14.3. The summed E-state index contributed by atoms with van der Waals surface area (Å²) in [6, 6.07) is 8.24. The number of amides is 5. The summed E-state index contributed by atoms with van der Waals surface area (Å²) in [6.07, 6.45) is 8.15. The number of likely N-dealkylation sites (tertiary alicyclic amines) is 3. The molecule has 4 aliphatic rings. The van der Waals surface area contributed by atoms with Crippen LogP contribution >= 0.6 is 0 Å². The quantitative estimate of drug-likeness (QED) is 0.320. The number of hydrogen-bond acceptors (Lipinski definition) is 5. The fourth-order valence-corrected chi connectivity index (χ4v) is 8.36. The molecular formula is C37H49FN8O3. The molecule has 0 radical (unpaired) electrons. The second kappa shape index (κ2) is 14.3. The molecule has 1 atom stereocenters. The van der Waals surface area contributed by atoms with E-state index in [0.29, 0.717) is 58.0 Å². The number of anilines is 1. The first-order chi connectivity index (χ1) is 23.8. The van der Waals surface area contributed by atoms with Crippen molar-refractivity contribution in [1.29, 1.82) is 0 Å². The normalized spacial score (nSPS) is 20.3. The van der Waals surface area contributed by atoms with Crippen LogP contribution < -0.4 is 10.6 Å². The molecule has 3 fully saturated rings. The molecule has 49 heavy (non-hydrogen) atoms. The number of carbonyl (C=O) groups is 3. The van der Waals surface area contributed by atoms with Gasteiger partial charge in [-0.25, -0.2) is 14.0 Å². The van der Waals surface area contributed by atoms with Crippen molar-refractivity contribution in [3.05, 3.63) is 58.5 Å². The lowest BCUT2D eigenvalue weighted by Gasteiger charge is -2.42. The van der Waals surface area contributed by atoms with Gasteiger partial charge in [0.1, 0.15) is 11.9 Å². The summed E-state index contributed by atoms with van der Waals surface area (Å²) in [4.78, 5) is 49.0. The number of hydrogen-bond donors (Lipinski definition) is 3. The molecule has 4 aliphatic heterocycles. The highest BCUT2D eigenvalue weighted by molar-refractivity contribution is 5.93. The average Bonchev–Trinajstić information content (AvgIpc) is 3.51. The van der Waals surface area contributed by atoms with Crippen molar-refractivity contribution in [3.8, 4) is 0 Å². The number of aromatic amines is 1. The molecule has 262 valence electrons. The zero-order valence-electron chi connectivity index (χ0n) is 28.8. The third-order valence-corrected chi connectivity index (χ3v) is 11.2. The number of para-hydroxylation sites is 1. The molecule has 3 saturated heterocycles. The Labute approximate surface area is 287 Å². The number of nitrogens with one attached hydrogen (secondary N) is 3. The predicted octanol–water partition coefficient (Wildman–Crippen LogP) is 5.18. The van der Waals surface area contributed by atoms with Crippen molar-refractivity contribution >= 4 is 34.6 Å². The number of urea groups is 2. The zero-order chi connectivity index (χ0) is 34.1. The minimum atomic E-state index is -0.703. The molecule has 0 bridgehead atoms. The maximum Gasteiger partial charge on any atom is 0.322 e. The second-order valence-electron chi connectivity index (χ2n) is 14.2. The van der Waals surface area contributed by atoms with Crippen molar-refractivity contribution in [1.82, 2.24) is 35.1 Å². The third-order valence-electron chi connectivity index (χ3n) is 11.2. The summed E-state index contributed by atoms with van der Waals surface area (Å²) in [7, 11) is 0. The summed E-state index contributed by atoms with van der Waals surface area (Å²) >= 11 is 0. The molecule has 12 heteroatoms. The highest BCUT2D eigenvalue weighted by Gasteiger charge is 2.36. The largest absolute Gasteiger partial charge is 0.341 e. The Hall–Kier alpha value is -4.19. The van der Waals surface area contributed by atoms with E-state index < -0.39 is 11.9 Å². The Balaban J connectivity index is 1.03. The van der Waals surface area contributed by atoms with Gasteiger partial charge in [0.15, 0.2) is 0 Å². The van der Waals surface area contributed by atoms with Crippen molar-refractivity contribution in [2.45, 2.75) is 96.3 Å². The average molecular weight is 673 g/mol. The van der Waals surface area contributed by atoms with Gasteiger partial charge in [0.2, 0.25) is 5.91 Å². The number of halogens is 1. The Morgan fingerprint density at radius 2 is 1.69 bits per heavy atom. The molecule has 0 aliphatic carbocycles. The minimum Gasteiger partial charge on any atom is -0.341 e. The van der Waals surface area contributed by atoms with Crippen LogP contribution in [0.25, 0.3) is 10.9 Å². The fraction of sp³-hybridized carbons (Fsp3) is 0.568. The van der Waals surface area contributed by atoms with Gasteiger partial charge < -0.3 is 30.2 Å². The first kappa shape index (κ1) is 33.3. The topological polar surface area (TPSA) is 117 Å². The van der Waals surface area contributed by atoms with E-state index in [2.05, 4.69) is 44.8 Å². The Morgan fingerprint density at radius 1 is 0.980 bits per heavy atom. The van der Waals surface area contributed by atoms with Crippen LogP contribution in [-0.2, 0) is 24.2 Å². The van der Waals surface area contributed by atoms with Crippen LogP contribution in [0, 0.1) is 12.7 Å².